The molecular weight excluding hydrogens is 396 g/mol. The lowest BCUT2D eigenvalue weighted by Crippen LogP contribution is -2.47. The van der Waals surface area contributed by atoms with E-state index < -0.39 is 0 Å². The van der Waals surface area contributed by atoms with Gasteiger partial charge in [-0.05, 0) is 66.7 Å². The third-order valence-electron chi connectivity index (χ3n) is 5.50. The minimum Gasteiger partial charge on any atom is -0.492 e. The molecule has 7 nitrogen and oxygen atoms in total. The average molecular weight is 425 g/mol. The van der Waals surface area contributed by atoms with Crippen LogP contribution in [0.1, 0.15) is 18.1 Å². The maximum atomic E-state index is 5.80. The lowest BCUT2D eigenvalue weighted by Gasteiger charge is -2.36. The maximum absolute atomic E-state index is 5.80. The number of anilines is 1. The molecule has 0 atom stereocenters. The van der Waals surface area contributed by atoms with E-state index in [9.17, 15) is 0 Å². The zero-order chi connectivity index (χ0) is 21.1. The topological polar surface area (TPSA) is 51.4 Å². The maximum Gasteiger partial charge on any atom is 0.221 e. The summed E-state index contributed by atoms with van der Waals surface area (Å²) in [5.41, 5.74) is 4.46. The summed E-state index contributed by atoms with van der Waals surface area (Å²) in [7, 11) is 0. The van der Waals surface area contributed by atoms with E-state index in [0.29, 0.717) is 18.0 Å². The van der Waals surface area contributed by atoms with Crippen LogP contribution in [0.15, 0.2) is 42.5 Å². The van der Waals surface area contributed by atoms with Gasteiger partial charge < -0.3 is 9.64 Å². The monoisotopic (exact) mass is 424 g/mol. The number of hydrogen-bond donors (Lipinski definition) is 0. The molecule has 2 heterocycles. The average Bonchev–Trinajstić information content (AvgIpc) is 3.09. The quantitative estimate of drug-likeness (QED) is 0.564. The van der Waals surface area contributed by atoms with Crippen LogP contribution in [-0.4, -0.2) is 57.5 Å². The standard InChI is InChI=1S/C22H28N6OS/c1-4-29-20-11-6-5-10-19(20)26-14-12-25(13-15-26)16-27-22(30)28(24-23-27)21-17(2)8-7-9-18(21)3/h5-11H,4,12-16H2,1-3H3. The third kappa shape index (κ3) is 4.11. The molecule has 1 saturated heterocycles. The molecule has 1 aliphatic rings. The molecule has 0 radical (unpaired) electrons. The lowest BCUT2D eigenvalue weighted by molar-refractivity contribution is 0.192. The Kier molecular flexibility index (Phi) is 6.15. The van der Waals surface area contributed by atoms with Crippen LogP contribution in [0.4, 0.5) is 5.69 Å². The number of para-hydroxylation sites is 3. The number of benzene rings is 2. The van der Waals surface area contributed by atoms with Gasteiger partial charge in [0.2, 0.25) is 4.77 Å². The molecule has 0 bridgehead atoms. The van der Waals surface area contributed by atoms with Gasteiger partial charge >= 0.3 is 0 Å². The van der Waals surface area contributed by atoms with Gasteiger partial charge in [-0.25, -0.2) is 4.68 Å². The molecule has 0 amide bonds. The van der Waals surface area contributed by atoms with E-state index in [-0.39, 0.29) is 0 Å². The van der Waals surface area contributed by atoms with Crippen molar-refractivity contribution >= 4 is 17.9 Å². The van der Waals surface area contributed by atoms with Crippen molar-refractivity contribution in [1.29, 1.82) is 0 Å². The molecule has 0 spiro atoms. The van der Waals surface area contributed by atoms with Gasteiger partial charge in [-0.2, -0.15) is 4.68 Å². The highest BCUT2D eigenvalue weighted by Gasteiger charge is 2.21. The van der Waals surface area contributed by atoms with Crippen molar-refractivity contribution in [3.8, 4) is 11.4 Å². The molecule has 0 unspecified atom stereocenters. The Bertz CT molecular complexity index is 1050. The van der Waals surface area contributed by atoms with Crippen LogP contribution in [0.2, 0.25) is 0 Å². The highest BCUT2D eigenvalue weighted by Crippen LogP contribution is 2.28. The van der Waals surface area contributed by atoms with E-state index >= 15 is 0 Å². The van der Waals surface area contributed by atoms with Crippen LogP contribution < -0.4 is 9.64 Å². The lowest BCUT2D eigenvalue weighted by atomic mass is 10.1. The number of aryl methyl sites for hydroxylation is 2. The molecule has 0 saturated carbocycles. The predicted octanol–water partition coefficient (Wildman–Crippen LogP) is 3.59. The van der Waals surface area contributed by atoms with Crippen molar-refractivity contribution in [3.05, 3.63) is 58.4 Å². The van der Waals surface area contributed by atoms with Crippen LogP contribution in [0.5, 0.6) is 5.75 Å². The molecule has 8 heteroatoms. The van der Waals surface area contributed by atoms with Crippen molar-refractivity contribution in [2.45, 2.75) is 27.4 Å². The second-order valence-corrected chi connectivity index (χ2v) is 7.93. The number of hydrogen-bond acceptors (Lipinski definition) is 6. The number of tetrazole rings is 1. The van der Waals surface area contributed by atoms with E-state index in [0.717, 1.165) is 54.4 Å². The second-order valence-electron chi connectivity index (χ2n) is 7.56. The number of aromatic nitrogens is 4. The fourth-order valence-electron chi connectivity index (χ4n) is 3.96. The fraction of sp³-hybridized carbons (Fsp3) is 0.409. The first-order chi connectivity index (χ1) is 14.6. The molecule has 4 rings (SSSR count). The number of ether oxygens (including phenoxy) is 1. The zero-order valence-corrected chi connectivity index (χ0v) is 18.6. The Morgan fingerprint density at radius 2 is 1.63 bits per heavy atom. The van der Waals surface area contributed by atoms with E-state index in [1.54, 1.807) is 4.68 Å². The minimum atomic E-state index is 0.622. The van der Waals surface area contributed by atoms with Crippen LogP contribution in [0, 0.1) is 18.6 Å². The summed E-state index contributed by atoms with van der Waals surface area (Å²) in [6, 6.07) is 14.4. The molecule has 1 aliphatic heterocycles. The molecule has 158 valence electrons. The smallest absolute Gasteiger partial charge is 0.221 e. The molecule has 1 fully saturated rings. The highest BCUT2D eigenvalue weighted by atomic mass is 32.1. The summed E-state index contributed by atoms with van der Waals surface area (Å²) in [6.45, 7) is 11.2. The van der Waals surface area contributed by atoms with E-state index in [2.05, 4.69) is 58.3 Å². The van der Waals surface area contributed by atoms with Gasteiger partial charge in [0.15, 0.2) is 0 Å². The largest absolute Gasteiger partial charge is 0.492 e. The van der Waals surface area contributed by atoms with Gasteiger partial charge in [0.25, 0.3) is 0 Å². The van der Waals surface area contributed by atoms with Crippen LogP contribution in [0.25, 0.3) is 5.69 Å². The van der Waals surface area contributed by atoms with Gasteiger partial charge in [0.1, 0.15) is 5.75 Å². The molecule has 1 aromatic heterocycles. The Morgan fingerprint density at radius 3 is 2.33 bits per heavy atom. The van der Waals surface area contributed by atoms with Gasteiger partial charge in [-0.15, -0.1) is 0 Å². The second kappa shape index (κ2) is 8.97. The predicted molar refractivity (Wildman–Crippen MR) is 121 cm³/mol. The Labute approximate surface area is 182 Å². The van der Waals surface area contributed by atoms with Gasteiger partial charge in [-0.3, -0.25) is 4.90 Å². The van der Waals surface area contributed by atoms with Gasteiger partial charge in [0, 0.05) is 26.2 Å². The number of rotatable bonds is 6. The molecule has 3 aromatic rings. The summed E-state index contributed by atoms with van der Waals surface area (Å²) in [5.74, 6) is 0.951. The summed E-state index contributed by atoms with van der Waals surface area (Å²) >= 11 is 5.69. The number of nitrogens with zero attached hydrogens (tertiary/aromatic N) is 6. The van der Waals surface area contributed by atoms with E-state index in [1.807, 2.05) is 29.8 Å². The number of piperazine rings is 1. The first-order valence-electron chi connectivity index (χ1n) is 10.4. The van der Waals surface area contributed by atoms with Gasteiger partial charge in [0.05, 0.1) is 24.7 Å². The van der Waals surface area contributed by atoms with Crippen LogP contribution >= 0.6 is 12.2 Å². The molecule has 30 heavy (non-hydrogen) atoms. The van der Waals surface area contributed by atoms with Crippen LogP contribution in [0.3, 0.4) is 0 Å². The summed E-state index contributed by atoms with van der Waals surface area (Å²) < 4.78 is 10.0. The normalized spacial score (nSPS) is 14.8. The zero-order valence-electron chi connectivity index (χ0n) is 17.8. The Hall–Kier alpha value is -2.71. The van der Waals surface area contributed by atoms with E-state index in [4.69, 9.17) is 17.0 Å². The van der Waals surface area contributed by atoms with Crippen LogP contribution in [-0.2, 0) is 6.67 Å². The van der Waals surface area contributed by atoms with Crippen molar-refractivity contribution in [2.24, 2.45) is 0 Å². The van der Waals surface area contributed by atoms with Gasteiger partial charge in [-0.1, -0.05) is 30.3 Å². The van der Waals surface area contributed by atoms with Crippen molar-refractivity contribution in [2.75, 3.05) is 37.7 Å². The Morgan fingerprint density at radius 1 is 0.933 bits per heavy atom. The van der Waals surface area contributed by atoms with Crippen molar-refractivity contribution in [1.82, 2.24) is 24.7 Å². The Balaban J connectivity index is 1.44. The first-order valence-corrected chi connectivity index (χ1v) is 10.8. The summed E-state index contributed by atoms with van der Waals surface area (Å²) in [5, 5.41) is 8.67. The molecule has 0 aliphatic carbocycles. The SMILES string of the molecule is CCOc1ccccc1N1CCN(Cn2nnn(-c3c(C)cccc3C)c2=S)CC1. The summed E-state index contributed by atoms with van der Waals surface area (Å²) in [6.07, 6.45) is 0. The summed E-state index contributed by atoms with van der Waals surface area (Å²) in [4.78, 5) is 4.74. The van der Waals surface area contributed by atoms with Crippen molar-refractivity contribution < 1.29 is 4.74 Å². The van der Waals surface area contributed by atoms with Crippen molar-refractivity contribution in [3.63, 3.8) is 0 Å². The highest BCUT2D eigenvalue weighted by molar-refractivity contribution is 7.71. The molecular formula is C22H28N6OS. The fourth-order valence-corrected chi connectivity index (χ4v) is 4.18. The minimum absolute atomic E-state index is 0.622. The van der Waals surface area contributed by atoms with E-state index in [1.165, 1.54) is 0 Å². The third-order valence-corrected chi connectivity index (χ3v) is 5.89. The first kappa shape index (κ1) is 20.6. The molecule has 0 N–H and O–H groups in total. The molecule has 2 aromatic carbocycles.